The molecule has 0 saturated heterocycles. The van der Waals surface area contributed by atoms with Gasteiger partial charge in [-0.05, 0) is 12.5 Å². The molecule has 18 heteroatoms. The predicted molar refractivity (Wildman–Crippen MR) is 126 cm³/mol. The zero-order valence-corrected chi connectivity index (χ0v) is 20.7. The van der Waals surface area contributed by atoms with Crippen LogP contribution in [-0.4, -0.2) is 113 Å². The third-order valence-corrected chi connectivity index (χ3v) is 5.65. The molecule has 1 aliphatic heterocycles. The molecule has 0 fully saturated rings. The first-order valence-corrected chi connectivity index (χ1v) is 11.6. The van der Waals surface area contributed by atoms with Crippen molar-refractivity contribution >= 4 is 29.7 Å². The van der Waals surface area contributed by atoms with Crippen molar-refractivity contribution in [2.24, 2.45) is 11.5 Å². The number of carbonyl (C=O) groups excluding carboxylic acids is 3. The molecule has 18 nitrogen and oxygen atoms in total. The monoisotopic (exact) mass is 557 g/mol. The number of nitrogens with one attached hydrogen (secondary N) is 2. The van der Waals surface area contributed by atoms with Crippen LogP contribution in [0.4, 0.5) is 0 Å². The first-order valence-electron chi connectivity index (χ1n) is 11.6. The molecule has 1 aromatic rings. The maximum Gasteiger partial charge on any atom is 0.370 e. The summed E-state index contributed by atoms with van der Waals surface area (Å²) in [6, 6.07) is -3.75. The smallest absolute Gasteiger partial charge is 0.370 e. The van der Waals surface area contributed by atoms with Crippen molar-refractivity contribution < 1.29 is 54.2 Å². The van der Waals surface area contributed by atoms with Crippen molar-refractivity contribution in [1.29, 1.82) is 0 Å². The highest BCUT2D eigenvalue weighted by Gasteiger charge is 2.43. The van der Waals surface area contributed by atoms with Gasteiger partial charge in [0.2, 0.25) is 23.5 Å². The lowest BCUT2D eigenvalue weighted by Gasteiger charge is -2.38. The average Bonchev–Trinajstić information content (AvgIpc) is 3.27. The van der Waals surface area contributed by atoms with Gasteiger partial charge >= 0.3 is 11.9 Å². The normalized spacial score (nSPS) is 21.9. The van der Waals surface area contributed by atoms with Crippen LogP contribution in [0.3, 0.4) is 0 Å². The quantitative estimate of drug-likeness (QED) is 0.103. The van der Waals surface area contributed by atoms with E-state index in [0.29, 0.717) is 0 Å². The van der Waals surface area contributed by atoms with Crippen molar-refractivity contribution in [3.63, 3.8) is 0 Å². The zero-order chi connectivity index (χ0) is 29.4. The van der Waals surface area contributed by atoms with Gasteiger partial charge in [-0.1, -0.05) is 5.21 Å². The molecule has 39 heavy (non-hydrogen) atoms. The number of carbonyl (C=O) groups is 5. The Morgan fingerprint density at radius 2 is 1.87 bits per heavy atom. The molecule has 1 aromatic heterocycles. The summed E-state index contributed by atoms with van der Waals surface area (Å²) >= 11 is 0. The van der Waals surface area contributed by atoms with Gasteiger partial charge in [-0.15, -0.1) is 5.10 Å². The Kier molecular flexibility index (Phi) is 10.8. The number of nitrogens with two attached hydrogens (primary N) is 2. The van der Waals surface area contributed by atoms with E-state index in [2.05, 4.69) is 20.9 Å². The third-order valence-electron chi connectivity index (χ3n) is 5.65. The van der Waals surface area contributed by atoms with Crippen molar-refractivity contribution in [2.45, 2.75) is 75.3 Å². The van der Waals surface area contributed by atoms with E-state index in [1.165, 1.54) is 6.20 Å². The molecular formula is C21H31N7O11. The minimum Gasteiger partial charge on any atom is -0.481 e. The van der Waals surface area contributed by atoms with E-state index in [9.17, 15) is 44.4 Å². The number of amides is 3. The van der Waals surface area contributed by atoms with Crippen LogP contribution in [0.15, 0.2) is 18.0 Å². The van der Waals surface area contributed by atoms with Crippen LogP contribution in [0, 0.1) is 0 Å². The largest absolute Gasteiger partial charge is 0.481 e. The summed E-state index contributed by atoms with van der Waals surface area (Å²) in [6.45, 7) is 0.735. The number of carboxylic acid groups (broad SMARTS) is 2. The number of rotatable bonds is 14. The van der Waals surface area contributed by atoms with Crippen LogP contribution in [0.25, 0.3) is 0 Å². The molecule has 0 bridgehead atoms. The van der Waals surface area contributed by atoms with Gasteiger partial charge < -0.3 is 52.4 Å². The second kappa shape index (κ2) is 13.6. The molecule has 0 unspecified atom stereocenters. The second-order valence-electron chi connectivity index (χ2n) is 8.83. The fourth-order valence-corrected chi connectivity index (χ4v) is 3.71. The van der Waals surface area contributed by atoms with E-state index in [1.54, 1.807) is 0 Å². The van der Waals surface area contributed by atoms with Crippen LogP contribution >= 0.6 is 0 Å². The number of carboxylic acids is 2. The standard InChI is InChI=1S/C21H31N7O11/c1-8(29)24-16-12(30)5-14(21(37)38)39-18(16)17(34)13(31)7-28-6-9(26-27-28)4-10(22)20(36)25-11(19(23)35)2-3-15(32)33/h5-6,10-13,16-18,30-31,34H,2-4,7,22H2,1H3,(H2,23,35)(H,24,29)(H,25,36)(H,32,33)(H,37,38)/t10-,11+,12-,13+,16+,17+,18+/m0/s1. The minimum atomic E-state index is -1.81. The fraction of sp³-hybridized carbons (Fsp3) is 0.571. The van der Waals surface area contributed by atoms with Gasteiger partial charge in [-0.2, -0.15) is 0 Å². The average molecular weight is 558 g/mol. The Bertz CT molecular complexity index is 1110. The first kappa shape index (κ1) is 31.1. The van der Waals surface area contributed by atoms with Gasteiger partial charge in [0.1, 0.15) is 24.4 Å². The minimum absolute atomic E-state index is 0.176. The number of aliphatic hydroxyl groups excluding tert-OH is 3. The Morgan fingerprint density at radius 3 is 2.44 bits per heavy atom. The van der Waals surface area contributed by atoms with Gasteiger partial charge in [-0.25, -0.2) is 9.48 Å². The summed E-state index contributed by atoms with van der Waals surface area (Å²) in [5, 5.41) is 61.6. The number of hydrogen-bond acceptors (Lipinski definition) is 12. The molecule has 11 N–H and O–H groups in total. The van der Waals surface area contributed by atoms with E-state index in [0.717, 1.165) is 17.7 Å². The fourth-order valence-electron chi connectivity index (χ4n) is 3.71. The Balaban J connectivity index is 2.03. The number of ether oxygens (including phenoxy) is 1. The highest BCUT2D eigenvalue weighted by Crippen LogP contribution is 2.23. The van der Waals surface area contributed by atoms with Crippen LogP contribution in [0.2, 0.25) is 0 Å². The molecule has 0 aromatic carbocycles. The maximum absolute atomic E-state index is 12.3. The Morgan fingerprint density at radius 1 is 1.21 bits per heavy atom. The molecule has 7 atom stereocenters. The summed E-state index contributed by atoms with van der Waals surface area (Å²) < 4.78 is 6.31. The SMILES string of the molecule is CC(=O)N[C@H]1[C@H]([C@H](O)[C@H](O)Cn2cc(C[C@H](N)C(=O)N[C@H](CCC(=O)O)C(N)=O)nn2)OC(C(=O)O)=C[C@@H]1O. The van der Waals surface area contributed by atoms with Gasteiger partial charge in [-0.3, -0.25) is 19.2 Å². The van der Waals surface area contributed by atoms with Gasteiger partial charge in [0.15, 0.2) is 6.10 Å². The predicted octanol–water partition coefficient (Wildman–Crippen LogP) is -5.06. The number of hydrogen-bond donors (Lipinski definition) is 9. The van der Waals surface area contributed by atoms with Crippen LogP contribution in [-0.2, 0) is 41.7 Å². The molecule has 0 aliphatic carbocycles. The summed E-state index contributed by atoms with van der Waals surface area (Å²) in [6.07, 6.45) is -5.21. The number of nitrogens with zero attached hydrogens (tertiary/aromatic N) is 3. The lowest BCUT2D eigenvalue weighted by atomic mass is 9.93. The van der Waals surface area contributed by atoms with Gasteiger partial charge in [0.05, 0.1) is 24.3 Å². The van der Waals surface area contributed by atoms with Crippen LogP contribution in [0.1, 0.15) is 25.5 Å². The van der Waals surface area contributed by atoms with Crippen molar-refractivity contribution in [2.75, 3.05) is 0 Å². The zero-order valence-electron chi connectivity index (χ0n) is 20.7. The number of aliphatic carboxylic acids is 2. The van der Waals surface area contributed by atoms with E-state index in [1.807, 2.05) is 0 Å². The lowest BCUT2D eigenvalue weighted by molar-refractivity contribution is -0.148. The topological polar surface area (TPSA) is 303 Å². The second-order valence-corrected chi connectivity index (χ2v) is 8.83. The highest BCUT2D eigenvalue weighted by molar-refractivity contribution is 5.89. The first-order chi connectivity index (χ1) is 18.2. The van der Waals surface area contributed by atoms with E-state index in [-0.39, 0.29) is 18.5 Å². The summed E-state index contributed by atoms with van der Waals surface area (Å²) in [4.78, 5) is 57.4. The van der Waals surface area contributed by atoms with E-state index in [4.69, 9.17) is 21.3 Å². The van der Waals surface area contributed by atoms with Crippen molar-refractivity contribution in [3.05, 3.63) is 23.7 Å². The molecule has 3 amide bonds. The molecule has 2 rings (SSSR count). The molecule has 0 saturated carbocycles. The van der Waals surface area contributed by atoms with Crippen molar-refractivity contribution in [3.8, 4) is 0 Å². The molecule has 0 radical (unpaired) electrons. The molecule has 216 valence electrons. The Hall–Kier alpha value is -4.13. The molecule has 2 heterocycles. The Labute approximate surface area is 220 Å². The van der Waals surface area contributed by atoms with E-state index < -0.39 is 90.9 Å². The van der Waals surface area contributed by atoms with Gasteiger partial charge in [0, 0.05) is 26.0 Å². The number of aromatic nitrogens is 3. The van der Waals surface area contributed by atoms with E-state index >= 15 is 0 Å². The third kappa shape index (κ3) is 8.99. The number of aliphatic hydroxyl groups is 3. The van der Waals surface area contributed by atoms with Crippen LogP contribution in [0.5, 0.6) is 0 Å². The lowest BCUT2D eigenvalue weighted by Crippen LogP contribution is -2.59. The summed E-state index contributed by atoms with van der Waals surface area (Å²) in [5.41, 5.74) is 11.2. The molecule has 1 aliphatic rings. The molecule has 0 spiro atoms. The maximum atomic E-state index is 12.3. The van der Waals surface area contributed by atoms with Gasteiger partial charge in [0.25, 0.3) is 0 Å². The highest BCUT2D eigenvalue weighted by atomic mass is 16.5. The summed E-state index contributed by atoms with van der Waals surface area (Å²) in [5.74, 6) is -5.74. The summed E-state index contributed by atoms with van der Waals surface area (Å²) in [7, 11) is 0. The molecular weight excluding hydrogens is 526 g/mol. The van der Waals surface area contributed by atoms with Crippen molar-refractivity contribution in [1.82, 2.24) is 25.6 Å². The number of primary amides is 1. The van der Waals surface area contributed by atoms with Crippen LogP contribution < -0.4 is 22.1 Å².